The molecule has 0 saturated carbocycles. The molecule has 17 heavy (non-hydrogen) atoms. The van der Waals surface area contributed by atoms with Crippen LogP contribution < -0.4 is 5.32 Å². The molecule has 1 N–H and O–H groups in total. The molecule has 2 nitrogen and oxygen atoms in total. The maximum absolute atomic E-state index is 3.68. The first-order valence-corrected chi connectivity index (χ1v) is 7.68. The first-order valence-electron chi connectivity index (χ1n) is 7.68. The predicted molar refractivity (Wildman–Crippen MR) is 76.4 cm³/mol. The van der Waals surface area contributed by atoms with Crippen molar-refractivity contribution in [3.05, 3.63) is 0 Å². The Hall–Kier alpha value is -0.0800. The highest BCUT2D eigenvalue weighted by Crippen LogP contribution is 2.20. The van der Waals surface area contributed by atoms with Gasteiger partial charge in [-0.2, -0.15) is 0 Å². The Morgan fingerprint density at radius 2 is 1.94 bits per heavy atom. The van der Waals surface area contributed by atoms with E-state index in [1.54, 1.807) is 0 Å². The van der Waals surface area contributed by atoms with Crippen LogP contribution in [0.5, 0.6) is 0 Å². The second-order valence-corrected chi connectivity index (χ2v) is 5.70. The van der Waals surface area contributed by atoms with Gasteiger partial charge < -0.3 is 10.2 Å². The van der Waals surface area contributed by atoms with Gasteiger partial charge in [-0.15, -0.1) is 0 Å². The van der Waals surface area contributed by atoms with E-state index >= 15 is 0 Å². The Bertz CT molecular complexity index is 189. The molecule has 0 radical (unpaired) electrons. The lowest BCUT2D eigenvalue weighted by Gasteiger charge is -2.39. The fourth-order valence-corrected chi connectivity index (χ4v) is 2.90. The fraction of sp³-hybridized carbons (Fsp3) is 1.00. The fourth-order valence-electron chi connectivity index (χ4n) is 2.90. The van der Waals surface area contributed by atoms with Crippen LogP contribution in [-0.2, 0) is 0 Å². The number of nitrogens with zero attached hydrogens (tertiary/aromatic N) is 1. The molecule has 0 aromatic heterocycles. The van der Waals surface area contributed by atoms with Crippen molar-refractivity contribution >= 4 is 0 Å². The quantitative estimate of drug-likeness (QED) is 0.735. The van der Waals surface area contributed by atoms with Crippen LogP contribution in [-0.4, -0.2) is 36.6 Å². The lowest BCUT2D eigenvalue weighted by Crippen LogP contribution is -2.48. The molecular weight excluding hydrogens is 208 g/mol. The second-order valence-electron chi connectivity index (χ2n) is 5.70. The van der Waals surface area contributed by atoms with E-state index in [2.05, 4.69) is 37.9 Å². The molecule has 1 heterocycles. The molecule has 1 fully saturated rings. The van der Waals surface area contributed by atoms with Gasteiger partial charge in [0.2, 0.25) is 0 Å². The standard InChI is InChI=1S/C15H32N2/c1-5-9-16-15-8-10-17(13(4)11-15)12-14(6-2)7-3/h13-16H,5-12H2,1-4H3. The van der Waals surface area contributed by atoms with Gasteiger partial charge in [-0.25, -0.2) is 0 Å². The number of rotatable bonds is 7. The van der Waals surface area contributed by atoms with Gasteiger partial charge in [-0.3, -0.25) is 0 Å². The molecule has 0 amide bonds. The van der Waals surface area contributed by atoms with Crippen LogP contribution >= 0.6 is 0 Å². The summed E-state index contributed by atoms with van der Waals surface area (Å²) in [6.45, 7) is 13.1. The van der Waals surface area contributed by atoms with Crippen LogP contribution in [0, 0.1) is 5.92 Å². The number of likely N-dealkylation sites (tertiary alicyclic amines) is 1. The van der Waals surface area contributed by atoms with Crippen molar-refractivity contribution in [2.24, 2.45) is 5.92 Å². The van der Waals surface area contributed by atoms with Gasteiger partial charge in [0.25, 0.3) is 0 Å². The molecule has 1 aliphatic rings. The van der Waals surface area contributed by atoms with E-state index in [4.69, 9.17) is 0 Å². The second kappa shape index (κ2) is 8.10. The molecule has 0 spiro atoms. The van der Waals surface area contributed by atoms with Crippen LogP contribution in [0.2, 0.25) is 0 Å². The van der Waals surface area contributed by atoms with E-state index in [0.717, 1.165) is 18.0 Å². The summed E-state index contributed by atoms with van der Waals surface area (Å²) in [7, 11) is 0. The van der Waals surface area contributed by atoms with Crippen molar-refractivity contribution in [1.29, 1.82) is 0 Å². The van der Waals surface area contributed by atoms with Crippen LogP contribution in [0.1, 0.15) is 59.8 Å². The summed E-state index contributed by atoms with van der Waals surface area (Å²) in [5.74, 6) is 0.901. The SMILES string of the molecule is CCCNC1CCN(CC(CC)CC)C(C)C1. The topological polar surface area (TPSA) is 15.3 Å². The number of hydrogen-bond acceptors (Lipinski definition) is 2. The molecule has 1 rings (SSSR count). The highest BCUT2D eigenvalue weighted by molar-refractivity contribution is 4.83. The van der Waals surface area contributed by atoms with Gasteiger partial charge >= 0.3 is 0 Å². The lowest BCUT2D eigenvalue weighted by molar-refractivity contribution is 0.113. The third kappa shape index (κ3) is 4.97. The van der Waals surface area contributed by atoms with Crippen molar-refractivity contribution in [3.63, 3.8) is 0 Å². The molecule has 1 saturated heterocycles. The van der Waals surface area contributed by atoms with Gasteiger partial charge in [0, 0.05) is 18.6 Å². The summed E-state index contributed by atoms with van der Waals surface area (Å²) in [6, 6.07) is 1.53. The zero-order chi connectivity index (χ0) is 12.7. The Labute approximate surface area is 108 Å². The molecule has 1 aliphatic heterocycles. The molecule has 102 valence electrons. The van der Waals surface area contributed by atoms with Gasteiger partial charge in [0.1, 0.15) is 0 Å². The summed E-state index contributed by atoms with van der Waals surface area (Å²) < 4.78 is 0. The number of piperidine rings is 1. The third-order valence-corrected chi connectivity index (χ3v) is 4.34. The molecule has 0 bridgehead atoms. The normalized spacial score (nSPS) is 26.6. The highest BCUT2D eigenvalue weighted by atomic mass is 15.2. The van der Waals surface area contributed by atoms with E-state index in [-0.39, 0.29) is 0 Å². The van der Waals surface area contributed by atoms with Gasteiger partial charge in [0.05, 0.1) is 0 Å². The maximum Gasteiger partial charge on any atom is 0.00940 e. The first-order chi connectivity index (χ1) is 8.21. The van der Waals surface area contributed by atoms with E-state index in [1.165, 1.54) is 51.7 Å². The number of hydrogen-bond donors (Lipinski definition) is 1. The van der Waals surface area contributed by atoms with Gasteiger partial charge in [-0.05, 0) is 45.2 Å². The molecular formula is C15H32N2. The molecule has 2 heteroatoms. The van der Waals surface area contributed by atoms with Crippen molar-refractivity contribution in [1.82, 2.24) is 10.2 Å². The summed E-state index contributed by atoms with van der Waals surface area (Å²) in [5.41, 5.74) is 0. The van der Waals surface area contributed by atoms with Crippen LogP contribution in [0.4, 0.5) is 0 Å². The average molecular weight is 240 g/mol. The van der Waals surface area contributed by atoms with Crippen molar-refractivity contribution in [3.8, 4) is 0 Å². The smallest absolute Gasteiger partial charge is 0.00940 e. The Morgan fingerprint density at radius 3 is 2.47 bits per heavy atom. The molecule has 0 aromatic rings. The van der Waals surface area contributed by atoms with Crippen molar-refractivity contribution < 1.29 is 0 Å². The van der Waals surface area contributed by atoms with Crippen molar-refractivity contribution in [2.75, 3.05) is 19.6 Å². The van der Waals surface area contributed by atoms with E-state index in [0.29, 0.717) is 0 Å². The van der Waals surface area contributed by atoms with Gasteiger partial charge in [-0.1, -0.05) is 33.6 Å². The summed E-state index contributed by atoms with van der Waals surface area (Å²) in [4.78, 5) is 2.71. The van der Waals surface area contributed by atoms with E-state index in [1.807, 2.05) is 0 Å². The maximum atomic E-state index is 3.68. The minimum absolute atomic E-state index is 0.763. The summed E-state index contributed by atoms with van der Waals surface area (Å²) in [6.07, 6.45) is 6.58. The molecule has 2 atom stereocenters. The third-order valence-electron chi connectivity index (χ3n) is 4.34. The Balaban J connectivity index is 2.31. The lowest BCUT2D eigenvalue weighted by atomic mass is 9.95. The van der Waals surface area contributed by atoms with Crippen molar-refractivity contribution in [2.45, 2.75) is 71.9 Å². The van der Waals surface area contributed by atoms with Gasteiger partial charge in [0.15, 0.2) is 0 Å². The van der Waals surface area contributed by atoms with E-state index < -0.39 is 0 Å². The van der Waals surface area contributed by atoms with E-state index in [9.17, 15) is 0 Å². The van der Waals surface area contributed by atoms with Crippen LogP contribution in [0.25, 0.3) is 0 Å². The summed E-state index contributed by atoms with van der Waals surface area (Å²) >= 11 is 0. The zero-order valence-electron chi connectivity index (χ0n) is 12.3. The minimum atomic E-state index is 0.763. The van der Waals surface area contributed by atoms with Crippen LogP contribution in [0.15, 0.2) is 0 Å². The predicted octanol–water partition coefficient (Wildman–Crippen LogP) is 3.28. The average Bonchev–Trinajstić information content (AvgIpc) is 2.35. The highest BCUT2D eigenvalue weighted by Gasteiger charge is 2.25. The molecule has 2 unspecified atom stereocenters. The largest absolute Gasteiger partial charge is 0.314 e. The Morgan fingerprint density at radius 1 is 1.24 bits per heavy atom. The first kappa shape index (κ1) is 15.0. The number of nitrogens with one attached hydrogen (secondary N) is 1. The molecule has 0 aromatic carbocycles. The molecule has 0 aliphatic carbocycles. The monoisotopic (exact) mass is 240 g/mol. The summed E-state index contributed by atoms with van der Waals surface area (Å²) in [5, 5.41) is 3.68. The van der Waals surface area contributed by atoms with Crippen LogP contribution in [0.3, 0.4) is 0 Å². The zero-order valence-corrected chi connectivity index (χ0v) is 12.3. The Kier molecular flexibility index (Phi) is 7.14. The minimum Gasteiger partial charge on any atom is -0.314 e.